The van der Waals surface area contributed by atoms with Crippen molar-refractivity contribution in [3.05, 3.63) is 47.9 Å². The molecule has 6 heteroatoms. The van der Waals surface area contributed by atoms with Gasteiger partial charge in [-0.15, -0.1) is 0 Å². The zero-order valence-corrected chi connectivity index (χ0v) is 9.04. The number of rotatable bonds is 3. The monoisotopic (exact) mass is 246 g/mol. The molecule has 0 fully saturated rings. The van der Waals surface area contributed by atoms with E-state index in [1.54, 1.807) is 6.07 Å². The predicted molar refractivity (Wildman–Crippen MR) is 59.5 cm³/mol. The second-order valence-corrected chi connectivity index (χ2v) is 3.45. The lowest BCUT2D eigenvalue weighted by molar-refractivity contribution is -0.268. The molecule has 6 nitrogen and oxygen atoms in total. The molecule has 2 rings (SSSR count). The first-order valence-corrected chi connectivity index (χ1v) is 4.97. The quantitative estimate of drug-likeness (QED) is 0.849. The molecule has 1 amide bonds. The van der Waals surface area contributed by atoms with Gasteiger partial charge in [0.05, 0.1) is 11.8 Å². The molecule has 0 spiro atoms. The number of furan rings is 1. The van der Waals surface area contributed by atoms with Gasteiger partial charge in [0.25, 0.3) is 5.91 Å². The number of hydrogen-bond acceptors (Lipinski definition) is 4. The molecule has 0 saturated carbocycles. The molecule has 0 aliphatic carbocycles. The molecule has 1 aromatic carbocycles. The Bertz CT molecular complexity index is 589. The Balaban J connectivity index is 2.22. The average Bonchev–Trinajstić information content (AvgIpc) is 2.85. The maximum absolute atomic E-state index is 11.6. The number of anilines is 1. The summed E-state index contributed by atoms with van der Waals surface area (Å²) in [4.78, 5) is 22.4. The SMILES string of the molecule is O=C(Nc1ccc([O-])c(C(=O)O)c1)c1ccco1. The molecule has 0 bridgehead atoms. The first-order valence-electron chi connectivity index (χ1n) is 4.97. The van der Waals surface area contributed by atoms with Crippen LogP contribution < -0.4 is 10.4 Å². The predicted octanol–water partition coefficient (Wildman–Crippen LogP) is 1.30. The Morgan fingerprint density at radius 1 is 1.28 bits per heavy atom. The molecule has 0 saturated heterocycles. The van der Waals surface area contributed by atoms with E-state index in [4.69, 9.17) is 9.52 Å². The first-order chi connectivity index (χ1) is 8.58. The highest BCUT2D eigenvalue weighted by atomic mass is 16.4. The number of nitrogens with one attached hydrogen (secondary N) is 1. The van der Waals surface area contributed by atoms with Crippen LogP contribution in [0.1, 0.15) is 20.9 Å². The topological polar surface area (TPSA) is 103 Å². The van der Waals surface area contributed by atoms with Gasteiger partial charge < -0.3 is 19.9 Å². The molecule has 1 heterocycles. The Hall–Kier alpha value is -2.76. The van der Waals surface area contributed by atoms with Crippen LogP contribution >= 0.6 is 0 Å². The van der Waals surface area contributed by atoms with Crippen LogP contribution in [0.4, 0.5) is 5.69 Å². The molecular formula is C12H8NO5-. The van der Waals surface area contributed by atoms with E-state index in [1.807, 2.05) is 0 Å². The van der Waals surface area contributed by atoms with Crippen molar-refractivity contribution < 1.29 is 24.2 Å². The standard InChI is InChI=1S/C12H9NO5/c14-9-4-3-7(6-8(9)12(16)17)13-11(15)10-2-1-5-18-10/h1-6,14H,(H,13,15)(H,16,17)/p-1. The Kier molecular flexibility index (Phi) is 3.01. The van der Waals surface area contributed by atoms with Crippen LogP contribution in [0.5, 0.6) is 5.75 Å². The number of carboxylic acid groups (broad SMARTS) is 1. The normalized spacial score (nSPS) is 10.0. The smallest absolute Gasteiger partial charge is 0.335 e. The highest BCUT2D eigenvalue weighted by Gasteiger charge is 2.10. The minimum absolute atomic E-state index is 0.0954. The zero-order chi connectivity index (χ0) is 13.1. The second kappa shape index (κ2) is 4.62. The van der Waals surface area contributed by atoms with Gasteiger partial charge in [-0.3, -0.25) is 4.79 Å². The van der Waals surface area contributed by atoms with Gasteiger partial charge in [0.2, 0.25) is 0 Å². The lowest BCUT2D eigenvalue weighted by Gasteiger charge is -2.11. The minimum atomic E-state index is -1.34. The maximum Gasteiger partial charge on any atom is 0.335 e. The largest absolute Gasteiger partial charge is 0.872 e. The van der Waals surface area contributed by atoms with Gasteiger partial charge in [-0.2, -0.15) is 0 Å². The van der Waals surface area contributed by atoms with Crippen LogP contribution in [-0.4, -0.2) is 17.0 Å². The lowest BCUT2D eigenvalue weighted by atomic mass is 10.2. The summed E-state index contributed by atoms with van der Waals surface area (Å²) >= 11 is 0. The van der Waals surface area contributed by atoms with E-state index >= 15 is 0 Å². The van der Waals surface area contributed by atoms with Gasteiger partial charge in [-0.1, -0.05) is 11.8 Å². The van der Waals surface area contributed by atoms with Gasteiger partial charge in [0, 0.05) is 5.69 Å². The van der Waals surface area contributed by atoms with E-state index in [2.05, 4.69) is 5.32 Å². The summed E-state index contributed by atoms with van der Waals surface area (Å²) in [5.41, 5.74) is -0.180. The number of amides is 1. The van der Waals surface area contributed by atoms with E-state index in [-0.39, 0.29) is 11.4 Å². The average molecular weight is 246 g/mol. The third-order valence-corrected chi connectivity index (χ3v) is 2.21. The summed E-state index contributed by atoms with van der Waals surface area (Å²) < 4.78 is 4.88. The highest BCUT2D eigenvalue weighted by molar-refractivity contribution is 6.03. The van der Waals surface area contributed by atoms with Crippen molar-refractivity contribution in [1.29, 1.82) is 0 Å². The Labute approximate surface area is 101 Å². The molecular weight excluding hydrogens is 238 g/mol. The molecule has 2 N–H and O–H groups in total. The molecule has 0 aliphatic rings. The molecule has 2 aromatic rings. The summed E-state index contributed by atoms with van der Waals surface area (Å²) in [5, 5.41) is 22.4. The Morgan fingerprint density at radius 2 is 2.06 bits per heavy atom. The van der Waals surface area contributed by atoms with E-state index in [1.165, 1.54) is 18.4 Å². The van der Waals surface area contributed by atoms with Crippen LogP contribution in [0, 0.1) is 0 Å². The van der Waals surface area contributed by atoms with E-state index < -0.39 is 23.2 Å². The fourth-order valence-corrected chi connectivity index (χ4v) is 1.38. The number of carbonyl (C=O) groups is 2. The van der Waals surface area contributed by atoms with Crippen molar-refractivity contribution in [2.45, 2.75) is 0 Å². The zero-order valence-electron chi connectivity index (χ0n) is 9.04. The van der Waals surface area contributed by atoms with Crippen LogP contribution in [0.2, 0.25) is 0 Å². The molecule has 0 unspecified atom stereocenters. The number of carbonyl (C=O) groups excluding carboxylic acids is 1. The van der Waals surface area contributed by atoms with Crippen LogP contribution in [0.25, 0.3) is 0 Å². The van der Waals surface area contributed by atoms with E-state index in [0.29, 0.717) is 0 Å². The molecule has 1 aromatic heterocycles. The molecule has 0 radical (unpaired) electrons. The second-order valence-electron chi connectivity index (χ2n) is 3.45. The van der Waals surface area contributed by atoms with Gasteiger partial charge in [0.15, 0.2) is 5.76 Å². The van der Waals surface area contributed by atoms with Crippen LogP contribution in [-0.2, 0) is 0 Å². The lowest BCUT2D eigenvalue weighted by Crippen LogP contribution is -2.12. The third-order valence-electron chi connectivity index (χ3n) is 2.21. The van der Waals surface area contributed by atoms with Gasteiger partial charge >= 0.3 is 5.97 Å². The van der Waals surface area contributed by atoms with Crippen LogP contribution in [0.3, 0.4) is 0 Å². The number of benzene rings is 1. The fraction of sp³-hybridized carbons (Fsp3) is 0. The van der Waals surface area contributed by atoms with E-state index in [9.17, 15) is 14.7 Å². The fourth-order valence-electron chi connectivity index (χ4n) is 1.38. The summed E-state index contributed by atoms with van der Waals surface area (Å²) in [6.07, 6.45) is 1.35. The molecule has 18 heavy (non-hydrogen) atoms. The number of hydrogen-bond donors (Lipinski definition) is 2. The highest BCUT2D eigenvalue weighted by Crippen LogP contribution is 2.19. The maximum atomic E-state index is 11.6. The molecule has 0 aliphatic heterocycles. The number of carboxylic acids is 1. The van der Waals surface area contributed by atoms with Crippen molar-refractivity contribution in [2.75, 3.05) is 5.32 Å². The summed E-state index contributed by atoms with van der Waals surface area (Å²) in [7, 11) is 0. The summed E-state index contributed by atoms with van der Waals surface area (Å²) in [5.74, 6) is -2.37. The van der Waals surface area contributed by atoms with Gasteiger partial charge in [-0.25, -0.2) is 4.79 Å². The van der Waals surface area contributed by atoms with Crippen LogP contribution in [0.15, 0.2) is 41.0 Å². The Morgan fingerprint density at radius 3 is 2.67 bits per heavy atom. The first kappa shape index (κ1) is 11.7. The summed E-state index contributed by atoms with van der Waals surface area (Å²) in [6.45, 7) is 0. The van der Waals surface area contributed by atoms with Gasteiger partial charge in [0.1, 0.15) is 0 Å². The van der Waals surface area contributed by atoms with Crippen molar-refractivity contribution >= 4 is 17.6 Å². The van der Waals surface area contributed by atoms with E-state index in [0.717, 1.165) is 12.1 Å². The van der Waals surface area contributed by atoms with Crippen molar-refractivity contribution in [1.82, 2.24) is 0 Å². The molecule has 0 atom stereocenters. The third kappa shape index (κ3) is 2.32. The van der Waals surface area contributed by atoms with Gasteiger partial charge in [-0.05, 0) is 24.3 Å². The molecule has 92 valence electrons. The van der Waals surface area contributed by atoms with Crippen molar-refractivity contribution in [3.63, 3.8) is 0 Å². The number of aromatic carboxylic acids is 1. The summed E-state index contributed by atoms with van der Waals surface area (Å²) in [6, 6.07) is 6.54. The van der Waals surface area contributed by atoms with Crippen molar-refractivity contribution in [3.8, 4) is 5.75 Å². The van der Waals surface area contributed by atoms with Crippen molar-refractivity contribution in [2.24, 2.45) is 0 Å². The minimum Gasteiger partial charge on any atom is -0.872 e.